The minimum Gasteiger partial charge on any atom is -0.192 e. The van der Waals surface area contributed by atoms with Crippen LogP contribution in [0.1, 0.15) is 44.9 Å². The zero-order valence-electron chi connectivity index (χ0n) is 9.00. The average Bonchev–Trinajstić information content (AvgIpc) is 2.31. The van der Waals surface area contributed by atoms with Crippen LogP contribution in [0.15, 0.2) is 11.1 Å². The van der Waals surface area contributed by atoms with Crippen LogP contribution in [0, 0.1) is 34.5 Å². The second-order valence-electron chi connectivity index (χ2n) is 4.67. The minimum atomic E-state index is 0.409. The summed E-state index contributed by atoms with van der Waals surface area (Å²) >= 11 is 0. The molecule has 2 fully saturated rings. The SMILES string of the molecule is N#CC(C#N)=C1CCCC2CCCCC12. The summed E-state index contributed by atoms with van der Waals surface area (Å²) < 4.78 is 0. The molecule has 15 heavy (non-hydrogen) atoms. The van der Waals surface area contributed by atoms with E-state index in [4.69, 9.17) is 10.5 Å². The standard InChI is InChI=1S/C13H16N2/c14-8-11(9-15)13-7-3-5-10-4-1-2-6-12(10)13/h10,12H,1-7H2. The van der Waals surface area contributed by atoms with Gasteiger partial charge in [0.05, 0.1) is 0 Å². The third kappa shape index (κ3) is 1.90. The Bertz CT molecular complexity index is 336. The van der Waals surface area contributed by atoms with E-state index in [1.54, 1.807) is 0 Å². The van der Waals surface area contributed by atoms with Gasteiger partial charge >= 0.3 is 0 Å². The van der Waals surface area contributed by atoms with Crippen LogP contribution in [0.5, 0.6) is 0 Å². The third-order valence-corrected chi connectivity index (χ3v) is 3.92. The van der Waals surface area contributed by atoms with E-state index in [1.807, 2.05) is 0 Å². The van der Waals surface area contributed by atoms with E-state index in [0.717, 1.165) is 12.3 Å². The summed E-state index contributed by atoms with van der Waals surface area (Å²) in [6.07, 6.45) is 8.57. The van der Waals surface area contributed by atoms with Crippen LogP contribution in [-0.2, 0) is 0 Å². The van der Waals surface area contributed by atoms with Crippen molar-refractivity contribution in [2.75, 3.05) is 0 Å². The molecule has 2 aliphatic carbocycles. The molecular weight excluding hydrogens is 184 g/mol. The number of nitrogens with zero attached hydrogens (tertiary/aromatic N) is 2. The van der Waals surface area contributed by atoms with Gasteiger partial charge in [0.2, 0.25) is 0 Å². The fraction of sp³-hybridized carbons (Fsp3) is 0.692. The Kier molecular flexibility index (Phi) is 3.07. The van der Waals surface area contributed by atoms with Crippen LogP contribution in [-0.4, -0.2) is 0 Å². The molecular formula is C13H16N2. The lowest BCUT2D eigenvalue weighted by atomic mass is 9.67. The van der Waals surface area contributed by atoms with Gasteiger partial charge in [-0.3, -0.25) is 0 Å². The summed E-state index contributed by atoms with van der Waals surface area (Å²) in [6, 6.07) is 4.15. The lowest BCUT2D eigenvalue weighted by molar-refractivity contribution is 0.222. The molecule has 0 heterocycles. The van der Waals surface area contributed by atoms with Gasteiger partial charge in [-0.2, -0.15) is 10.5 Å². The fourth-order valence-electron chi connectivity index (χ4n) is 3.23. The van der Waals surface area contributed by atoms with Crippen molar-refractivity contribution >= 4 is 0 Å². The summed E-state index contributed by atoms with van der Waals surface area (Å²) in [4.78, 5) is 0. The van der Waals surface area contributed by atoms with Crippen LogP contribution in [0.3, 0.4) is 0 Å². The monoisotopic (exact) mass is 200 g/mol. The number of nitriles is 2. The Hall–Kier alpha value is -1.28. The van der Waals surface area contributed by atoms with Gasteiger partial charge in [-0.1, -0.05) is 12.8 Å². The van der Waals surface area contributed by atoms with Gasteiger partial charge in [-0.15, -0.1) is 0 Å². The van der Waals surface area contributed by atoms with Gasteiger partial charge in [-0.25, -0.2) is 0 Å². The predicted molar refractivity (Wildman–Crippen MR) is 57.6 cm³/mol. The van der Waals surface area contributed by atoms with Crippen LogP contribution >= 0.6 is 0 Å². The molecule has 0 aromatic heterocycles. The zero-order valence-corrected chi connectivity index (χ0v) is 9.00. The molecule has 0 bridgehead atoms. The van der Waals surface area contributed by atoms with Crippen LogP contribution in [0.25, 0.3) is 0 Å². The van der Waals surface area contributed by atoms with Crippen molar-refractivity contribution in [3.63, 3.8) is 0 Å². The van der Waals surface area contributed by atoms with E-state index in [0.29, 0.717) is 11.5 Å². The molecule has 2 saturated carbocycles. The Morgan fingerprint density at radius 1 is 1.00 bits per heavy atom. The second-order valence-corrected chi connectivity index (χ2v) is 4.67. The summed E-state index contributed by atoms with van der Waals surface area (Å²) in [7, 11) is 0. The fourth-order valence-corrected chi connectivity index (χ4v) is 3.23. The predicted octanol–water partition coefficient (Wildman–Crippen LogP) is 3.32. The normalized spacial score (nSPS) is 29.9. The van der Waals surface area contributed by atoms with Gasteiger partial charge in [0.15, 0.2) is 0 Å². The van der Waals surface area contributed by atoms with E-state index in [2.05, 4.69) is 12.1 Å². The molecule has 78 valence electrons. The maximum atomic E-state index is 8.94. The molecule has 0 aromatic rings. The van der Waals surface area contributed by atoms with Crippen molar-refractivity contribution in [3.8, 4) is 12.1 Å². The maximum absolute atomic E-state index is 8.94. The smallest absolute Gasteiger partial charge is 0.129 e. The number of rotatable bonds is 0. The number of hydrogen-bond acceptors (Lipinski definition) is 2. The molecule has 0 saturated heterocycles. The molecule has 2 atom stereocenters. The van der Waals surface area contributed by atoms with E-state index < -0.39 is 0 Å². The van der Waals surface area contributed by atoms with Gasteiger partial charge < -0.3 is 0 Å². The first-order chi connectivity index (χ1) is 7.36. The quantitative estimate of drug-likeness (QED) is 0.563. The molecule has 0 aromatic carbocycles. The van der Waals surface area contributed by atoms with Crippen LogP contribution in [0.2, 0.25) is 0 Å². The minimum absolute atomic E-state index is 0.409. The molecule has 2 aliphatic rings. The lowest BCUT2D eigenvalue weighted by Crippen LogP contribution is -2.26. The van der Waals surface area contributed by atoms with Crippen LogP contribution in [0.4, 0.5) is 0 Å². The Morgan fingerprint density at radius 3 is 2.40 bits per heavy atom. The molecule has 0 amide bonds. The summed E-state index contributed by atoms with van der Waals surface area (Å²) in [5, 5.41) is 17.9. The summed E-state index contributed by atoms with van der Waals surface area (Å²) in [5.41, 5.74) is 1.59. The van der Waals surface area contributed by atoms with Gasteiger partial charge in [0.25, 0.3) is 0 Å². The van der Waals surface area contributed by atoms with E-state index in [-0.39, 0.29) is 0 Å². The summed E-state index contributed by atoms with van der Waals surface area (Å²) in [5.74, 6) is 1.32. The highest BCUT2D eigenvalue weighted by molar-refractivity contribution is 5.42. The largest absolute Gasteiger partial charge is 0.192 e. The van der Waals surface area contributed by atoms with Crippen molar-refractivity contribution in [1.29, 1.82) is 10.5 Å². The first kappa shape index (κ1) is 10.2. The Labute approximate surface area is 91.2 Å². The highest BCUT2D eigenvalue weighted by Gasteiger charge is 2.32. The van der Waals surface area contributed by atoms with Crippen molar-refractivity contribution in [2.24, 2.45) is 11.8 Å². The van der Waals surface area contributed by atoms with Gasteiger partial charge in [0, 0.05) is 0 Å². The second kappa shape index (κ2) is 4.49. The molecule has 0 radical (unpaired) electrons. The number of fused-ring (bicyclic) bond motifs is 1. The molecule has 0 N–H and O–H groups in total. The Balaban J connectivity index is 2.29. The van der Waals surface area contributed by atoms with Gasteiger partial charge in [0.1, 0.15) is 17.7 Å². The number of hydrogen-bond donors (Lipinski definition) is 0. The molecule has 0 spiro atoms. The van der Waals surface area contributed by atoms with E-state index in [9.17, 15) is 0 Å². The van der Waals surface area contributed by atoms with Crippen molar-refractivity contribution < 1.29 is 0 Å². The zero-order chi connectivity index (χ0) is 10.7. The first-order valence-electron chi connectivity index (χ1n) is 5.90. The maximum Gasteiger partial charge on any atom is 0.129 e. The van der Waals surface area contributed by atoms with Crippen LogP contribution < -0.4 is 0 Å². The summed E-state index contributed by atoms with van der Waals surface area (Å²) in [6.45, 7) is 0. The highest BCUT2D eigenvalue weighted by Crippen LogP contribution is 2.44. The van der Waals surface area contributed by atoms with E-state index >= 15 is 0 Å². The lowest BCUT2D eigenvalue weighted by Gasteiger charge is -2.37. The van der Waals surface area contributed by atoms with Gasteiger partial charge in [-0.05, 0) is 49.5 Å². The molecule has 0 aliphatic heterocycles. The van der Waals surface area contributed by atoms with Crippen molar-refractivity contribution in [1.82, 2.24) is 0 Å². The first-order valence-corrected chi connectivity index (χ1v) is 5.90. The highest BCUT2D eigenvalue weighted by atomic mass is 14.4. The molecule has 2 unspecified atom stereocenters. The Morgan fingerprint density at radius 2 is 1.67 bits per heavy atom. The van der Waals surface area contributed by atoms with Crippen molar-refractivity contribution in [3.05, 3.63) is 11.1 Å². The average molecular weight is 200 g/mol. The van der Waals surface area contributed by atoms with E-state index in [1.165, 1.54) is 44.1 Å². The molecule has 2 heteroatoms. The van der Waals surface area contributed by atoms with Crippen molar-refractivity contribution in [2.45, 2.75) is 44.9 Å². The third-order valence-electron chi connectivity index (χ3n) is 3.92. The topological polar surface area (TPSA) is 47.6 Å². The molecule has 2 rings (SSSR count). The number of allylic oxidation sites excluding steroid dienone is 2. The molecule has 2 nitrogen and oxygen atoms in total.